The van der Waals surface area contributed by atoms with E-state index in [-0.39, 0.29) is 11.8 Å². The topological polar surface area (TPSA) is 78.1 Å². The van der Waals surface area contributed by atoms with Gasteiger partial charge in [0.15, 0.2) is 6.10 Å². The molecule has 0 saturated carbocycles. The SMILES string of the molecule is Cc1ccc(-c2nnc(C(C)OC(=O)c3cc(C(C)C)nc4ccccc34)o2)cc1. The quantitative estimate of drug-likeness (QED) is 0.403. The Morgan fingerprint density at radius 3 is 2.47 bits per heavy atom. The number of hydrogen-bond donors (Lipinski definition) is 0. The van der Waals surface area contributed by atoms with Gasteiger partial charge in [-0.25, -0.2) is 4.79 Å². The maximum atomic E-state index is 13.0. The van der Waals surface area contributed by atoms with Gasteiger partial charge >= 0.3 is 5.97 Å². The van der Waals surface area contributed by atoms with E-state index in [9.17, 15) is 4.79 Å². The van der Waals surface area contributed by atoms with Crippen LogP contribution in [0.15, 0.2) is 59.0 Å². The Bertz CT molecular complexity index is 1200. The number of benzene rings is 2. The van der Waals surface area contributed by atoms with Gasteiger partial charge < -0.3 is 9.15 Å². The number of carbonyl (C=O) groups excluding carboxylic acids is 1. The summed E-state index contributed by atoms with van der Waals surface area (Å²) in [5, 5.41) is 8.90. The number of para-hydroxylation sites is 1. The van der Waals surface area contributed by atoms with Gasteiger partial charge in [0.1, 0.15) is 0 Å². The molecule has 1 unspecified atom stereocenters. The number of pyridine rings is 1. The summed E-state index contributed by atoms with van der Waals surface area (Å²) in [5.74, 6) is 0.385. The summed E-state index contributed by atoms with van der Waals surface area (Å²) in [6.07, 6.45) is -0.682. The molecule has 0 fully saturated rings. The van der Waals surface area contributed by atoms with Gasteiger partial charge in [-0.3, -0.25) is 4.98 Å². The average molecular weight is 401 g/mol. The van der Waals surface area contributed by atoms with Crippen LogP contribution in [0.2, 0.25) is 0 Å². The predicted octanol–water partition coefficient (Wildman–Crippen LogP) is 5.63. The second-order valence-corrected chi connectivity index (χ2v) is 7.63. The zero-order chi connectivity index (χ0) is 21.3. The average Bonchev–Trinajstić information content (AvgIpc) is 3.23. The molecular weight excluding hydrogens is 378 g/mol. The first-order chi connectivity index (χ1) is 14.4. The first kappa shape index (κ1) is 19.8. The molecule has 152 valence electrons. The number of carbonyl (C=O) groups is 1. The highest BCUT2D eigenvalue weighted by molar-refractivity contribution is 6.03. The van der Waals surface area contributed by atoms with Crippen molar-refractivity contribution in [2.75, 3.05) is 0 Å². The number of ether oxygens (including phenoxy) is 1. The molecular formula is C24H23N3O3. The molecule has 6 heteroatoms. The molecule has 1 atom stereocenters. The zero-order valence-electron chi connectivity index (χ0n) is 17.4. The summed E-state index contributed by atoms with van der Waals surface area (Å²) in [6, 6.07) is 17.1. The van der Waals surface area contributed by atoms with Crippen LogP contribution >= 0.6 is 0 Å². The molecule has 0 aliphatic rings. The molecule has 0 aliphatic heterocycles. The summed E-state index contributed by atoms with van der Waals surface area (Å²) >= 11 is 0. The van der Waals surface area contributed by atoms with Gasteiger partial charge in [-0.15, -0.1) is 10.2 Å². The van der Waals surface area contributed by atoms with Gasteiger partial charge in [0.05, 0.1) is 11.1 Å². The highest BCUT2D eigenvalue weighted by Crippen LogP contribution is 2.27. The lowest BCUT2D eigenvalue weighted by Crippen LogP contribution is -2.11. The first-order valence-corrected chi connectivity index (χ1v) is 9.93. The lowest BCUT2D eigenvalue weighted by molar-refractivity contribution is 0.0282. The minimum Gasteiger partial charge on any atom is -0.449 e. The Kier molecular flexibility index (Phi) is 5.31. The van der Waals surface area contributed by atoms with E-state index in [0.29, 0.717) is 11.5 Å². The van der Waals surface area contributed by atoms with Crippen molar-refractivity contribution in [3.05, 3.63) is 77.3 Å². The number of aromatic nitrogens is 3. The molecule has 0 N–H and O–H groups in total. The van der Waals surface area contributed by atoms with Crippen LogP contribution in [0.5, 0.6) is 0 Å². The van der Waals surface area contributed by atoms with E-state index in [1.807, 2.05) is 69.3 Å². The van der Waals surface area contributed by atoms with Gasteiger partial charge in [0.2, 0.25) is 5.89 Å². The number of hydrogen-bond acceptors (Lipinski definition) is 6. The molecule has 2 heterocycles. The van der Waals surface area contributed by atoms with Crippen LogP contribution in [0.4, 0.5) is 0 Å². The van der Waals surface area contributed by atoms with Crippen molar-refractivity contribution in [1.29, 1.82) is 0 Å². The Morgan fingerprint density at radius 2 is 1.73 bits per heavy atom. The highest BCUT2D eigenvalue weighted by atomic mass is 16.6. The Labute approximate surface area is 174 Å². The second-order valence-electron chi connectivity index (χ2n) is 7.63. The standard InChI is InChI=1S/C24H23N3O3/c1-14(2)21-13-19(18-7-5-6-8-20(18)25-21)24(28)29-16(4)22-26-27-23(30-22)17-11-9-15(3)10-12-17/h5-14,16H,1-4H3. The van der Waals surface area contributed by atoms with E-state index >= 15 is 0 Å². The predicted molar refractivity (Wildman–Crippen MR) is 114 cm³/mol. The number of esters is 1. The smallest absolute Gasteiger partial charge is 0.339 e. The summed E-state index contributed by atoms with van der Waals surface area (Å²) in [6.45, 7) is 7.81. The summed E-state index contributed by atoms with van der Waals surface area (Å²) in [7, 11) is 0. The Morgan fingerprint density at radius 1 is 1.00 bits per heavy atom. The van der Waals surface area contributed by atoms with Crippen molar-refractivity contribution in [3.8, 4) is 11.5 Å². The third kappa shape index (κ3) is 3.94. The van der Waals surface area contributed by atoms with E-state index in [1.165, 1.54) is 0 Å². The van der Waals surface area contributed by atoms with Crippen LogP contribution in [-0.4, -0.2) is 21.2 Å². The molecule has 4 aromatic rings. The van der Waals surface area contributed by atoms with E-state index in [2.05, 4.69) is 15.2 Å². The number of rotatable bonds is 5. The van der Waals surface area contributed by atoms with Gasteiger partial charge in [-0.05, 0) is 44.0 Å². The van der Waals surface area contributed by atoms with Crippen LogP contribution in [0, 0.1) is 6.92 Å². The Hall–Kier alpha value is -3.54. The minimum atomic E-state index is -0.682. The van der Waals surface area contributed by atoms with Crippen LogP contribution in [0.1, 0.15) is 60.3 Å². The molecule has 4 rings (SSSR count). The normalized spacial score (nSPS) is 12.3. The van der Waals surface area contributed by atoms with Crippen molar-refractivity contribution in [2.45, 2.75) is 39.7 Å². The van der Waals surface area contributed by atoms with Crippen LogP contribution < -0.4 is 0 Å². The lowest BCUT2D eigenvalue weighted by atomic mass is 10.0. The van der Waals surface area contributed by atoms with Gasteiger partial charge in [0.25, 0.3) is 5.89 Å². The van der Waals surface area contributed by atoms with Crippen molar-refractivity contribution in [2.24, 2.45) is 0 Å². The van der Waals surface area contributed by atoms with Gasteiger partial charge in [-0.2, -0.15) is 0 Å². The zero-order valence-corrected chi connectivity index (χ0v) is 17.4. The molecule has 6 nitrogen and oxygen atoms in total. The molecule has 30 heavy (non-hydrogen) atoms. The van der Waals surface area contributed by atoms with Crippen molar-refractivity contribution in [1.82, 2.24) is 15.2 Å². The fraction of sp³-hybridized carbons (Fsp3) is 0.250. The maximum Gasteiger partial charge on any atom is 0.339 e. The molecule has 0 radical (unpaired) electrons. The Balaban J connectivity index is 1.59. The first-order valence-electron chi connectivity index (χ1n) is 9.93. The molecule has 0 amide bonds. The third-order valence-electron chi connectivity index (χ3n) is 4.92. The van der Waals surface area contributed by atoms with Crippen molar-refractivity contribution in [3.63, 3.8) is 0 Å². The molecule has 0 bridgehead atoms. The summed E-state index contributed by atoms with van der Waals surface area (Å²) in [4.78, 5) is 17.6. The van der Waals surface area contributed by atoms with E-state index in [0.717, 1.165) is 27.7 Å². The minimum absolute atomic E-state index is 0.187. The lowest BCUT2D eigenvalue weighted by Gasteiger charge is -2.13. The monoisotopic (exact) mass is 401 g/mol. The van der Waals surface area contributed by atoms with Crippen molar-refractivity contribution >= 4 is 16.9 Å². The largest absolute Gasteiger partial charge is 0.449 e. The highest BCUT2D eigenvalue weighted by Gasteiger charge is 2.22. The van der Waals surface area contributed by atoms with Gasteiger partial charge in [0, 0.05) is 16.6 Å². The number of nitrogens with zero attached hydrogens (tertiary/aromatic N) is 3. The van der Waals surface area contributed by atoms with Crippen LogP contribution in [0.3, 0.4) is 0 Å². The van der Waals surface area contributed by atoms with E-state index in [1.54, 1.807) is 13.0 Å². The molecule has 0 saturated heterocycles. The summed E-state index contributed by atoms with van der Waals surface area (Å²) < 4.78 is 11.4. The summed E-state index contributed by atoms with van der Waals surface area (Å²) in [5.41, 5.74) is 4.05. The molecule has 2 aromatic heterocycles. The number of aryl methyl sites for hydroxylation is 1. The fourth-order valence-electron chi connectivity index (χ4n) is 3.15. The number of fused-ring (bicyclic) bond motifs is 1. The molecule has 0 spiro atoms. The van der Waals surface area contributed by atoms with Crippen LogP contribution in [-0.2, 0) is 4.74 Å². The fourth-order valence-corrected chi connectivity index (χ4v) is 3.15. The van der Waals surface area contributed by atoms with Gasteiger partial charge in [-0.1, -0.05) is 49.7 Å². The molecule has 0 aliphatic carbocycles. The van der Waals surface area contributed by atoms with E-state index in [4.69, 9.17) is 9.15 Å². The molecule has 2 aromatic carbocycles. The maximum absolute atomic E-state index is 13.0. The van der Waals surface area contributed by atoms with E-state index < -0.39 is 12.1 Å². The van der Waals surface area contributed by atoms with Crippen molar-refractivity contribution < 1.29 is 13.9 Å². The van der Waals surface area contributed by atoms with Crippen LogP contribution in [0.25, 0.3) is 22.4 Å². The third-order valence-corrected chi connectivity index (χ3v) is 4.92. The second kappa shape index (κ2) is 8.06.